The molecule has 1 unspecified atom stereocenters. The molecule has 1 atom stereocenters. The highest BCUT2D eigenvalue weighted by atomic mass is 35.5. The minimum absolute atomic E-state index is 0.150. The predicted molar refractivity (Wildman–Crippen MR) is 117 cm³/mol. The first-order chi connectivity index (χ1) is 14.9. The molecule has 2 N–H and O–H groups in total. The lowest BCUT2D eigenvalue weighted by Gasteiger charge is -2.34. The van der Waals surface area contributed by atoms with Crippen molar-refractivity contribution in [2.45, 2.75) is 12.5 Å². The molecule has 1 fully saturated rings. The van der Waals surface area contributed by atoms with Crippen molar-refractivity contribution < 1.29 is 14.0 Å². The quantitative estimate of drug-likeness (QED) is 0.634. The first-order valence-corrected chi connectivity index (χ1v) is 10.4. The van der Waals surface area contributed by atoms with Crippen LogP contribution in [0.5, 0.6) is 0 Å². The van der Waals surface area contributed by atoms with Crippen LogP contribution in [0.15, 0.2) is 42.6 Å². The summed E-state index contributed by atoms with van der Waals surface area (Å²) < 4.78 is 13.3. The number of amides is 2. The van der Waals surface area contributed by atoms with Gasteiger partial charge in [0.1, 0.15) is 23.2 Å². The second-order valence-electron chi connectivity index (χ2n) is 7.76. The first kappa shape index (κ1) is 21.3. The number of fused-ring (bicyclic) bond motifs is 1. The van der Waals surface area contributed by atoms with Gasteiger partial charge >= 0.3 is 0 Å². The Balaban J connectivity index is 1.55. The minimum Gasteiger partial charge on any atom is -0.339 e. The maximum Gasteiger partial charge on any atom is 0.268 e. The molecule has 1 aliphatic heterocycles. The van der Waals surface area contributed by atoms with Gasteiger partial charge in [0, 0.05) is 44.2 Å². The van der Waals surface area contributed by atoms with E-state index in [2.05, 4.69) is 20.2 Å². The van der Waals surface area contributed by atoms with Crippen LogP contribution >= 0.6 is 11.6 Å². The molecule has 0 bridgehead atoms. The van der Waals surface area contributed by atoms with Crippen molar-refractivity contribution in [2.24, 2.45) is 0 Å². The van der Waals surface area contributed by atoms with Crippen LogP contribution in [0.2, 0.25) is 5.02 Å². The minimum atomic E-state index is -0.774. The Hall–Kier alpha value is -2.97. The van der Waals surface area contributed by atoms with Crippen LogP contribution in [0.4, 0.5) is 4.39 Å². The summed E-state index contributed by atoms with van der Waals surface area (Å²) in [7, 11) is 2.01. The van der Waals surface area contributed by atoms with E-state index in [4.69, 9.17) is 11.6 Å². The van der Waals surface area contributed by atoms with Crippen molar-refractivity contribution in [2.75, 3.05) is 33.2 Å². The number of benzene rings is 1. The van der Waals surface area contributed by atoms with Gasteiger partial charge in [0.05, 0.1) is 5.02 Å². The Kier molecular flexibility index (Phi) is 6.20. The van der Waals surface area contributed by atoms with Crippen LogP contribution in [0.25, 0.3) is 11.0 Å². The molecule has 0 saturated carbocycles. The van der Waals surface area contributed by atoms with Gasteiger partial charge in [-0.15, -0.1) is 0 Å². The molecular formula is C22H23ClFN5O2. The lowest BCUT2D eigenvalue weighted by atomic mass is 10.0. The summed E-state index contributed by atoms with van der Waals surface area (Å²) in [6, 6.07) is 8.54. The first-order valence-electron chi connectivity index (χ1n) is 10.1. The van der Waals surface area contributed by atoms with Crippen LogP contribution in [0, 0.1) is 5.82 Å². The number of likely N-dealkylation sites (N-methyl/N-ethyl adjacent to an activating group) is 1. The lowest BCUT2D eigenvalue weighted by Crippen LogP contribution is -2.55. The molecule has 0 radical (unpaired) electrons. The second kappa shape index (κ2) is 9.03. The zero-order chi connectivity index (χ0) is 22.0. The predicted octanol–water partition coefficient (Wildman–Crippen LogP) is 2.47. The van der Waals surface area contributed by atoms with Gasteiger partial charge < -0.3 is 20.1 Å². The fraction of sp³-hybridized carbons (Fsp3) is 0.318. The van der Waals surface area contributed by atoms with Gasteiger partial charge in [0.15, 0.2) is 0 Å². The number of aromatic nitrogens is 2. The molecule has 3 aromatic rings. The van der Waals surface area contributed by atoms with Gasteiger partial charge in [0.2, 0.25) is 5.91 Å². The van der Waals surface area contributed by atoms with Gasteiger partial charge in [0.25, 0.3) is 5.91 Å². The van der Waals surface area contributed by atoms with E-state index in [1.165, 1.54) is 18.3 Å². The van der Waals surface area contributed by atoms with Crippen molar-refractivity contribution in [1.29, 1.82) is 0 Å². The van der Waals surface area contributed by atoms with Crippen LogP contribution < -0.4 is 5.32 Å². The third kappa shape index (κ3) is 5.03. The Morgan fingerprint density at radius 1 is 1.19 bits per heavy atom. The highest BCUT2D eigenvalue weighted by Crippen LogP contribution is 2.18. The van der Waals surface area contributed by atoms with Crippen molar-refractivity contribution in [3.05, 3.63) is 64.7 Å². The number of nitrogens with one attached hydrogen (secondary N) is 2. The highest BCUT2D eigenvalue weighted by Gasteiger charge is 2.29. The molecule has 2 aromatic heterocycles. The standard InChI is InChI=1S/C22H23ClFN5O2/c1-28-6-8-29(9-7-28)22(31)19(10-14-2-4-17(24)5-3-14)27-21(30)18-12-15-11-16(23)13-25-20(15)26-18/h2-5,11-13,19H,6-10H2,1H3,(H,25,26)(H,27,30). The largest absolute Gasteiger partial charge is 0.339 e. The molecule has 2 amide bonds. The van der Waals surface area contributed by atoms with Gasteiger partial charge in [-0.25, -0.2) is 9.37 Å². The zero-order valence-electron chi connectivity index (χ0n) is 17.1. The molecule has 162 valence electrons. The van der Waals surface area contributed by atoms with E-state index in [0.717, 1.165) is 18.7 Å². The molecule has 3 heterocycles. The van der Waals surface area contributed by atoms with Crippen molar-refractivity contribution in [3.8, 4) is 0 Å². The van der Waals surface area contributed by atoms with E-state index in [1.807, 2.05) is 7.05 Å². The number of carbonyl (C=O) groups is 2. The molecule has 1 aliphatic rings. The summed E-state index contributed by atoms with van der Waals surface area (Å²) in [6.45, 7) is 2.74. The fourth-order valence-corrected chi connectivity index (χ4v) is 3.82. The van der Waals surface area contributed by atoms with Crippen molar-refractivity contribution in [3.63, 3.8) is 0 Å². The van der Waals surface area contributed by atoms with Crippen molar-refractivity contribution in [1.82, 2.24) is 25.1 Å². The van der Waals surface area contributed by atoms with E-state index >= 15 is 0 Å². The molecule has 9 heteroatoms. The maximum absolute atomic E-state index is 13.3. The van der Waals surface area contributed by atoms with E-state index < -0.39 is 11.9 Å². The number of H-pyrrole nitrogens is 1. The average molecular weight is 444 g/mol. The number of pyridine rings is 1. The number of rotatable bonds is 5. The molecule has 31 heavy (non-hydrogen) atoms. The van der Waals surface area contributed by atoms with Crippen molar-refractivity contribution >= 4 is 34.4 Å². The normalized spacial score (nSPS) is 15.8. The third-order valence-corrected chi connectivity index (χ3v) is 5.66. The van der Waals surface area contributed by atoms with Gasteiger partial charge in [-0.3, -0.25) is 9.59 Å². The average Bonchev–Trinajstić information content (AvgIpc) is 3.18. The number of carbonyl (C=O) groups excluding carboxylic acids is 2. The molecular weight excluding hydrogens is 421 g/mol. The second-order valence-corrected chi connectivity index (χ2v) is 8.20. The summed E-state index contributed by atoms with van der Waals surface area (Å²) in [5.41, 5.74) is 1.59. The number of piperazine rings is 1. The van der Waals surface area contributed by atoms with E-state index in [0.29, 0.717) is 34.8 Å². The Morgan fingerprint density at radius 3 is 2.61 bits per heavy atom. The lowest BCUT2D eigenvalue weighted by molar-refractivity contribution is -0.134. The van der Waals surface area contributed by atoms with Gasteiger partial charge in [-0.2, -0.15) is 0 Å². The molecule has 1 aromatic carbocycles. The Morgan fingerprint density at radius 2 is 1.90 bits per heavy atom. The van der Waals surface area contributed by atoms with E-state index in [9.17, 15) is 14.0 Å². The monoisotopic (exact) mass is 443 g/mol. The van der Waals surface area contributed by atoms with Gasteiger partial charge in [-0.1, -0.05) is 23.7 Å². The SMILES string of the molecule is CN1CCN(C(=O)C(Cc2ccc(F)cc2)NC(=O)c2cc3cc(Cl)cnc3[nH]2)CC1. The van der Waals surface area contributed by atoms with Crippen LogP contribution in [0.3, 0.4) is 0 Å². The molecule has 0 spiro atoms. The summed E-state index contributed by atoms with van der Waals surface area (Å²) in [6.07, 6.45) is 1.76. The third-order valence-electron chi connectivity index (χ3n) is 5.45. The highest BCUT2D eigenvalue weighted by molar-refractivity contribution is 6.31. The smallest absolute Gasteiger partial charge is 0.268 e. The zero-order valence-corrected chi connectivity index (χ0v) is 17.8. The molecule has 1 saturated heterocycles. The number of halogens is 2. The van der Waals surface area contributed by atoms with Crippen LogP contribution in [0.1, 0.15) is 16.1 Å². The number of hydrogen-bond acceptors (Lipinski definition) is 4. The topological polar surface area (TPSA) is 81.3 Å². The molecule has 0 aliphatic carbocycles. The van der Waals surface area contributed by atoms with Crippen LogP contribution in [-0.2, 0) is 11.2 Å². The van der Waals surface area contributed by atoms with E-state index in [1.54, 1.807) is 29.2 Å². The summed E-state index contributed by atoms with van der Waals surface area (Å²) in [5, 5.41) is 4.03. The number of aromatic amines is 1. The fourth-order valence-electron chi connectivity index (χ4n) is 3.65. The Labute approximate surface area is 184 Å². The maximum atomic E-state index is 13.3. The summed E-state index contributed by atoms with van der Waals surface area (Å²) >= 11 is 5.97. The molecule has 7 nitrogen and oxygen atoms in total. The molecule has 4 rings (SSSR count). The van der Waals surface area contributed by atoms with Crippen LogP contribution in [-0.4, -0.2) is 70.9 Å². The van der Waals surface area contributed by atoms with E-state index in [-0.39, 0.29) is 18.1 Å². The summed E-state index contributed by atoms with van der Waals surface area (Å²) in [4.78, 5) is 37.2. The number of hydrogen-bond donors (Lipinski definition) is 2. The van der Waals surface area contributed by atoms with Gasteiger partial charge in [-0.05, 0) is 36.9 Å². The number of nitrogens with zero attached hydrogens (tertiary/aromatic N) is 3. The Bertz CT molecular complexity index is 1090. The summed E-state index contributed by atoms with van der Waals surface area (Å²) in [5.74, 6) is -0.911.